The van der Waals surface area contributed by atoms with E-state index in [1.165, 1.54) is 16.4 Å². The maximum Gasteiger partial charge on any atom is 0.279 e. The Morgan fingerprint density at radius 1 is 1.07 bits per heavy atom. The van der Waals surface area contributed by atoms with Gasteiger partial charge in [0.1, 0.15) is 11.9 Å². The highest BCUT2D eigenvalue weighted by Gasteiger charge is 2.35. The summed E-state index contributed by atoms with van der Waals surface area (Å²) in [7, 11) is -4.02. The SMILES string of the molecule is Cc1ccccc1-c1nc(C#N)c(S(=O)(=O)N2CCN(c3ccc(F)cc3)CC2)o1. The predicted octanol–water partition coefficient (Wildman–Crippen LogP) is 3.17. The highest BCUT2D eigenvalue weighted by atomic mass is 32.2. The molecular formula is C21H19FN4O3S. The second kappa shape index (κ2) is 7.89. The summed E-state index contributed by atoms with van der Waals surface area (Å²) in [5.41, 5.74) is 2.07. The van der Waals surface area contributed by atoms with Gasteiger partial charge in [0.25, 0.3) is 15.1 Å². The fourth-order valence-electron chi connectivity index (χ4n) is 3.44. The van der Waals surface area contributed by atoms with E-state index in [1.807, 2.05) is 30.0 Å². The summed E-state index contributed by atoms with van der Waals surface area (Å²) in [6.07, 6.45) is 0. The van der Waals surface area contributed by atoms with Gasteiger partial charge in [-0.05, 0) is 42.8 Å². The largest absolute Gasteiger partial charge is 0.422 e. The zero-order valence-electron chi connectivity index (χ0n) is 16.2. The van der Waals surface area contributed by atoms with Crippen molar-refractivity contribution >= 4 is 15.7 Å². The van der Waals surface area contributed by atoms with Crippen molar-refractivity contribution in [1.82, 2.24) is 9.29 Å². The van der Waals surface area contributed by atoms with E-state index in [2.05, 4.69) is 4.98 Å². The zero-order valence-corrected chi connectivity index (χ0v) is 17.1. The quantitative estimate of drug-likeness (QED) is 0.637. The normalized spacial score (nSPS) is 15.2. The van der Waals surface area contributed by atoms with Crippen LogP contribution in [-0.2, 0) is 10.0 Å². The topological polar surface area (TPSA) is 90.4 Å². The van der Waals surface area contributed by atoms with Gasteiger partial charge in [0.2, 0.25) is 5.89 Å². The molecule has 0 atom stereocenters. The van der Waals surface area contributed by atoms with Crippen molar-refractivity contribution in [2.24, 2.45) is 0 Å². The number of anilines is 1. The van der Waals surface area contributed by atoms with Crippen LogP contribution in [0, 0.1) is 24.1 Å². The molecule has 1 saturated heterocycles. The zero-order chi connectivity index (χ0) is 21.3. The first-order valence-corrected chi connectivity index (χ1v) is 10.8. The molecule has 0 spiro atoms. The molecule has 9 heteroatoms. The third kappa shape index (κ3) is 3.67. The monoisotopic (exact) mass is 426 g/mol. The Balaban J connectivity index is 1.58. The molecular weight excluding hydrogens is 407 g/mol. The molecule has 0 aliphatic carbocycles. The molecule has 2 aromatic carbocycles. The Bertz CT molecular complexity index is 1210. The average Bonchev–Trinajstić information content (AvgIpc) is 3.20. The number of oxazole rings is 1. The first-order valence-electron chi connectivity index (χ1n) is 9.38. The molecule has 154 valence electrons. The van der Waals surface area contributed by atoms with Crippen molar-refractivity contribution < 1.29 is 17.2 Å². The Morgan fingerprint density at radius 3 is 2.37 bits per heavy atom. The molecule has 0 N–H and O–H groups in total. The Morgan fingerprint density at radius 2 is 1.73 bits per heavy atom. The van der Waals surface area contributed by atoms with Gasteiger partial charge in [-0.15, -0.1) is 0 Å². The number of hydrogen-bond acceptors (Lipinski definition) is 6. The van der Waals surface area contributed by atoms with Crippen LogP contribution >= 0.6 is 0 Å². The van der Waals surface area contributed by atoms with E-state index in [-0.39, 0.29) is 30.5 Å². The number of nitrogens with zero attached hydrogens (tertiary/aromatic N) is 4. The fourth-order valence-corrected chi connectivity index (χ4v) is 4.83. The molecule has 0 unspecified atom stereocenters. The first kappa shape index (κ1) is 20.1. The predicted molar refractivity (Wildman–Crippen MR) is 109 cm³/mol. The van der Waals surface area contributed by atoms with E-state index in [0.717, 1.165) is 11.3 Å². The van der Waals surface area contributed by atoms with E-state index >= 15 is 0 Å². The molecule has 1 aromatic heterocycles. The minimum Gasteiger partial charge on any atom is -0.422 e. The highest BCUT2D eigenvalue weighted by Crippen LogP contribution is 2.29. The summed E-state index contributed by atoms with van der Waals surface area (Å²) in [6, 6.07) is 15.2. The number of rotatable bonds is 4. The van der Waals surface area contributed by atoms with Gasteiger partial charge in [-0.2, -0.15) is 14.6 Å². The fraction of sp³-hybridized carbons (Fsp3) is 0.238. The van der Waals surface area contributed by atoms with Crippen LogP contribution in [0.15, 0.2) is 58.0 Å². The van der Waals surface area contributed by atoms with Crippen LogP contribution in [0.5, 0.6) is 0 Å². The van der Waals surface area contributed by atoms with Gasteiger partial charge in [-0.25, -0.2) is 12.8 Å². The van der Waals surface area contributed by atoms with Crippen LogP contribution in [0.3, 0.4) is 0 Å². The van der Waals surface area contributed by atoms with Crippen molar-refractivity contribution in [3.05, 3.63) is 65.6 Å². The minimum atomic E-state index is -4.02. The lowest BCUT2D eigenvalue weighted by Crippen LogP contribution is -2.48. The van der Waals surface area contributed by atoms with Crippen LogP contribution in [0.25, 0.3) is 11.5 Å². The highest BCUT2D eigenvalue weighted by molar-refractivity contribution is 7.89. The van der Waals surface area contributed by atoms with E-state index in [9.17, 15) is 18.1 Å². The number of halogens is 1. The Kier molecular flexibility index (Phi) is 5.28. The summed E-state index contributed by atoms with van der Waals surface area (Å²) in [6.45, 7) is 3.15. The number of aromatic nitrogens is 1. The smallest absolute Gasteiger partial charge is 0.279 e. The van der Waals surface area contributed by atoms with E-state index in [1.54, 1.807) is 24.3 Å². The van der Waals surface area contributed by atoms with Gasteiger partial charge in [-0.1, -0.05) is 18.2 Å². The minimum absolute atomic E-state index is 0.105. The van der Waals surface area contributed by atoms with Crippen LogP contribution in [0.2, 0.25) is 0 Å². The van der Waals surface area contributed by atoms with Crippen LogP contribution < -0.4 is 4.90 Å². The number of nitriles is 1. The molecule has 2 heterocycles. The number of hydrogen-bond donors (Lipinski definition) is 0. The van der Waals surface area contributed by atoms with Gasteiger partial charge in [0, 0.05) is 37.4 Å². The second-order valence-electron chi connectivity index (χ2n) is 6.95. The maximum atomic E-state index is 13.2. The average molecular weight is 426 g/mol. The molecule has 0 amide bonds. The standard InChI is InChI=1S/C21H19FN4O3S/c1-15-4-2-3-5-18(15)20-24-19(14-23)21(29-20)30(27,28)26-12-10-25(11-13-26)17-8-6-16(22)7-9-17/h2-9H,10-13H2,1H3. The van der Waals surface area contributed by atoms with Gasteiger partial charge < -0.3 is 9.32 Å². The van der Waals surface area contributed by atoms with Crippen LogP contribution in [0.4, 0.5) is 10.1 Å². The Labute approximate surface area is 174 Å². The molecule has 0 radical (unpaired) electrons. The third-order valence-corrected chi connectivity index (χ3v) is 6.87. The summed E-state index contributed by atoms with van der Waals surface area (Å²) in [4.78, 5) is 6.09. The molecule has 1 aliphatic rings. The lowest BCUT2D eigenvalue weighted by atomic mass is 10.1. The number of aryl methyl sites for hydroxylation is 1. The van der Waals surface area contributed by atoms with Crippen molar-refractivity contribution in [3.63, 3.8) is 0 Å². The first-order chi connectivity index (χ1) is 14.4. The maximum absolute atomic E-state index is 13.2. The molecule has 0 bridgehead atoms. The molecule has 7 nitrogen and oxygen atoms in total. The van der Waals surface area contributed by atoms with Crippen LogP contribution in [-0.4, -0.2) is 43.9 Å². The van der Waals surface area contributed by atoms with Crippen molar-refractivity contribution in [3.8, 4) is 17.5 Å². The number of piperazine rings is 1. The van der Waals surface area contributed by atoms with Gasteiger partial charge in [0.15, 0.2) is 5.69 Å². The van der Waals surface area contributed by atoms with Crippen molar-refractivity contribution in [1.29, 1.82) is 5.26 Å². The molecule has 1 fully saturated rings. The molecule has 4 rings (SSSR count). The van der Waals surface area contributed by atoms with Gasteiger partial charge >= 0.3 is 0 Å². The molecule has 0 saturated carbocycles. The summed E-state index contributed by atoms with van der Waals surface area (Å²) < 4.78 is 46.3. The summed E-state index contributed by atoms with van der Waals surface area (Å²) in [5, 5.41) is 9.00. The van der Waals surface area contributed by atoms with E-state index < -0.39 is 15.1 Å². The molecule has 30 heavy (non-hydrogen) atoms. The van der Waals surface area contributed by atoms with E-state index in [4.69, 9.17) is 4.42 Å². The second-order valence-corrected chi connectivity index (χ2v) is 8.79. The molecule has 1 aliphatic heterocycles. The Hall–Kier alpha value is -3.22. The summed E-state index contributed by atoms with van der Waals surface area (Å²) >= 11 is 0. The lowest BCUT2D eigenvalue weighted by Gasteiger charge is -2.34. The number of sulfonamides is 1. The van der Waals surface area contributed by atoms with E-state index in [0.29, 0.717) is 18.7 Å². The number of benzene rings is 2. The third-order valence-electron chi connectivity index (χ3n) is 5.08. The van der Waals surface area contributed by atoms with Gasteiger partial charge in [-0.3, -0.25) is 0 Å². The van der Waals surface area contributed by atoms with Gasteiger partial charge in [0.05, 0.1) is 0 Å². The van der Waals surface area contributed by atoms with Crippen molar-refractivity contribution in [2.45, 2.75) is 12.0 Å². The van der Waals surface area contributed by atoms with Crippen LogP contribution in [0.1, 0.15) is 11.3 Å². The summed E-state index contributed by atoms with van der Waals surface area (Å²) in [5.74, 6) is -0.216. The molecule has 3 aromatic rings. The van der Waals surface area contributed by atoms with Crippen molar-refractivity contribution in [2.75, 3.05) is 31.1 Å². The lowest BCUT2D eigenvalue weighted by molar-refractivity contribution is 0.363.